The van der Waals surface area contributed by atoms with Crippen LogP contribution < -0.4 is 5.32 Å². The summed E-state index contributed by atoms with van der Waals surface area (Å²) < 4.78 is 5.08. The van der Waals surface area contributed by atoms with Crippen molar-refractivity contribution in [3.63, 3.8) is 0 Å². The van der Waals surface area contributed by atoms with Gasteiger partial charge in [-0.3, -0.25) is 4.79 Å². The number of esters is 1. The topological polar surface area (TPSA) is 41.6 Å². The van der Waals surface area contributed by atoms with Crippen molar-refractivity contribution >= 4 is 5.97 Å². The van der Waals surface area contributed by atoms with Crippen molar-refractivity contribution in [1.82, 2.24) is 10.2 Å². The summed E-state index contributed by atoms with van der Waals surface area (Å²) in [6.45, 7) is 7.12. The lowest BCUT2D eigenvalue weighted by molar-refractivity contribution is -0.146. The number of hydrogen-bond acceptors (Lipinski definition) is 4. The molecule has 0 aromatic heterocycles. The van der Waals surface area contributed by atoms with Crippen molar-refractivity contribution in [2.24, 2.45) is 0 Å². The molecule has 1 fully saturated rings. The Hall–Kier alpha value is -0.610. The maximum Gasteiger partial charge on any atom is 0.324 e. The lowest BCUT2D eigenvalue weighted by Crippen LogP contribution is -2.49. The molecule has 94 valence electrons. The molecule has 1 aliphatic carbocycles. The molecule has 16 heavy (non-hydrogen) atoms. The van der Waals surface area contributed by atoms with Gasteiger partial charge in [0.2, 0.25) is 0 Å². The first-order valence-corrected chi connectivity index (χ1v) is 6.17. The highest BCUT2D eigenvalue weighted by Gasteiger charge is 2.30. The summed E-state index contributed by atoms with van der Waals surface area (Å²) in [4.78, 5) is 14.0. The maximum absolute atomic E-state index is 11.7. The Balaban J connectivity index is 2.44. The molecule has 0 bridgehead atoms. The average Bonchev–Trinajstić information content (AvgIpc) is 2.99. The Bertz CT molecular complexity index is 227. The van der Waals surface area contributed by atoms with Crippen molar-refractivity contribution in [2.75, 3.05) is 20.2 Å². The van der Waals surface area contributed by atoms with Crippen molar-refractivity contribution in [3.05, 3.63) is 0 Å². The van der Waals surface area contributed by atoms with Crippen LogP contribution in [0.3, 0.4) is 0 Å². The van der Waals surface area contributed by atoms with Gasteiger partial charge in [-0.25, -0.2) is 0 Å². The van der Waals surface area contributed by atoms with Gasteiger partial charge >= 0.3 is 5.97 Å². The van der Waals surface area contributed by atoms with Gasteiger partial charge in [-0.05, 0) is 26.8 Å². The van der Waals surface area contributed by atoms with Crippen molar-refractivity contribution in [2.45, 2.75) is 51.7 Å². The molecule has 1 saturated carbocycles. The summed E-state index contributed by atoms with van der Waals surface area (Å²) in [6, 6.07) is 0.762. The molecule has 0 radical (unpaired) electrons. The van der Waals surface area contributed by atoms with Crippen LogP contribution in [-0.4, -0.2) is 49.2 Å². The minimum absolute atomic E-state index is 0.135. The van der Waals surface area contributed by atoms with E-state index in [4.69, 9.17) is 4.74 Å². The molecule has 0 aliphatic heterocycles. The number of hydrogen-bond donors (Lipinski definition) is 1. The predicted molar refractivity (Wildman–Crippen MR) is 64.3 cm³/mol. The quantitative estimate of drug-likeness (QED) is 0.660. The second-order valence-electron chi connectivity index (χ2n) is 4.80. The van der Waals surface area contributed by atoms with Crippen molar-refractivity contribution < 1.29 is 9.53 Å². The molecule has 0 spiro atoms. The third kappa shape index (κ3) is 4.49. The van der Waals surface area contributed by atoms with E-state index in [2.05, 4.69) is 17.3 Å². The molecular weight excluding hydrogens is 204 g/mol. The van der Waals surface area contributed by atoms with E-state index in [1.165, 1.54) is 12.8 Å². The van der Waals surface area contributed by atoms with Crippen molar-refractivity contribution in [1.29, 1.82) is 0 Å². The van der Waals surface area contributed by atoms with Crippen LogP contribution in [0.5, 0.6) is 0 Å². The van der Waals surface area contributed by atoms with Crippen LogP contribution in [0, 0.1) is 0 Å². The Labute approximate surface area is 98.3 Å². The zero-order valence-corrected chi connectivity index (χ0v) is 10.8. The van der Waals surface area contributed by atoms with Gasteiger partial charge in [0.1, 0.15) is 6.04 Å². The molecule has 1 N–H and O–H groups in total. The molecule has 4 heteroatoms. The van der Waals surface area contributed by atoms with Gasteiger partial charge < -0.3 is 15.0 Å². The summed E-state index contributed by atoms with van der Waals surface area (Å²) in [5.74, 6) is -0.135. The van der Waals surface area contributed by atoms with E-state index in [1.807, 2.05) is 20.8 Å². The fourth-order valence-corrected chi connectivity index (χ4v) is 1.79. The Morgan fingerprint density at radius 1 is 1.50 bits per heavy atom. The molecule has 1 atom stereocenters. The zero-order chi connectivity index (χ0) is 12.1. The molecule has 1 unspecified atom stereocenters. The van der Waals surface area contributed by atoms with Gasteiger partial charge in [-0.2, -0.15) is 0 Å². The second kappa shape index (κ2) is 6.21. The molecule has 0 aromatic carbocycles. The molecule has 1 aliphatic rings. The number of rotatable bonds is 7. The summed E-state index contributed by atoms with van der Waals surface area (Å²) in [7, 11) is 2.08. The largest absolute Gasteiger partial charge is 0.465 e. The number of likely N-dealkylation sites (N-methyl/N-ethyl adjacent to an activating group) is 1. The van der Waals surface area contributed by atoms with Crippen LogP contribution in [0.4, 0.5) is 0 Å². The fraction of sp³-hybridized carbons (Fsp3) is 0.917. The third-order valence-electron chi connectivity index (χ3n) is 2.75. The van der Waals surface area contributed by atoms with Crippen LogP contribution in [0.15, 0.2) is 0 Å². The lowest BCUT2D eigenvalue weighted by Gasteiger charge is -2.25. The van der Waals surface area contributed by atoms with Crippen LogP contribution in [0.1, 0.15) is 33.6 Å². The van der Waals surface area contributed by atoms with E-state index >= 15 is 0 Å². The lowest BCUT2D eigenvalue weighted by atomic mass is 10.2. The number of ether oxygens (including phenoxy) is 1. The van der Waals surface area contributed by atoms with Gasteiger partial charge in [0.25, 0.3) is 0 Å². The van der Waals surface area contributed by atoms with Gasteiger partial charge in [0, 0.05) is 18.6 Å². The van der Waals surface area contributed by atoms with Crippen LogP contribution in [0.2, 0.25) is 0 Å². The maximum atomic E-state index is 11.7. The van der Waals surface area contributed by atoms with E-state index in [-0.39, 0.29) is 12.0 Å². The monoisotopic (exact) mass is 228 g/mol. The SMILES string of the molecule is CCOC(=O)C(CN(C)C1CC1)NC(C)C. The number of nitrogens with zero attached hydrogens (tertiary/aromatic N) is 1. The molecule has 4 nitrogen and oxygen atoms in total. The van der Waals surface area contributed by atoms with Gasteiger partial charge in [-0.1, -0.05) is 13.8 Å². The summed E-state index contributed by atoms with van der Waals surface area (Å²) in [5, 5.41) is 3.26. The first-order chi connectivity index (χ1) is 7.54. The van der Waals surface area contributed by atoms with E-state index < -0.39 is 0 Å². The van der Waals surface area contributed by atoms with Gasteiger partial charge in [0.15, 0.2) is 0 Å². The highest BCUT2D eigenvalue weighted by molar-refractivity contribution is 5.76. The minimum Gasteiger partial charge on any atom is -0.465 e. The van der Waals surface area contributed by atoms with Gasteiger partial charge in [-0.15, -0.1) is 0 Å². The molecule has 0 amide bonds. The predicted octanol–water partition coefficient (Wildman–Crippen LogP) is 1.01. The van der Waals surface area contributed by atoms with E-state index in [0.29, 0.717) is 18.7 Å². The van der Waals surface area contributed by atoms with E-state index in [0.717, 1.165) is 6.54 Å². The standard InChI is InChI=1S/C12H24N2O2/c1-5-16-12(15)11(13-9(2)3)8-14(4)10-6-7-10/h9-11,13H,5-8H2,1-4H3. The van der Waals surface area contributed by atoms with Crippen LogP contribution in [-0.2, 0) is 9.53 Å². The number of carbonyl (C=O) groups is 1. The second-order valence-corrected chi connectivity index (χ2v) is 4.80. The first kappa shape index (κ1) is 13.5. The average molecular weight is 228 g/mol. The number of carbonyl (C=O) groups excluding carboxylic acids is 1. The number of nitrogens with one attached hydrogen (secondary N) is 1. The molecule has 0 aromatic rings. The van der Waals surface area contributed by atoms with Crippen LogP contribution in [0.25, 0.3) is 0 Å². The summed E-state index contributed by atoms with van der Waals surface area (Å²) >= 11 is 0. The van der Waals surface area contributed by atoms with Crippen molar-refractivity contribution in [3.8, 4) is 0 Å². The Morgan fingerprint density at radius 2 is 2.12 bits per heavy atom. The first-order valence-electron chi connectivity index (χ1n) is 6.17. The molecular formula is C12H24N2O2. The highest BCUT2D eigenvalue weighted by atomic mass is 16.5. The minimum atomic E-state index is -0.203. The Morgan fingerprint density at radius 3 is 2.56 bits per heavy atom. The smallest absolute Gasteiger partial charge is 0.324 e. The van der Waals surface area contributed by atoms with E-state index in [9.17, 15) is 4.79 Å². The summed E-state index contributed by atoms with van der Waals surface area (Å²) in [5.41, 5.74) is 0. The highest BCUT2D eigenvalue weighted by Crippen LogP contribution is 2.25. The van der Waals surface area contributed by atoms with Gasteiger partial charge in [0.05, 0.1) is 6.61 Å². The van der Waals surface area contributed by atoms with E-state index in [1.54, 1.807) is 0 Å². The molecule has 0 heterocycles. The molecule has 0 saturated heterocycles. The zero-order valence-electron chi connectivity index (χ0n) is 10.8. The normalized spacial score (nSPS) is 17.9. The summed E-state index contributed by atoms with van der Waals surface area (Å²) in [6.07, 6.45) is 2.52. The third-order valence-corrected chi connectivity index (χ3v) is 2.75. The Kier molecular flexibility index (Phi) is 5.22. The fourth-order valence-electron chi connectivity index (χ4n) is 1.79. The van der Waals surface area contributed by atoms with Crippen LogP contribution >= 0.6 is 0 Å². The molecule has 1 rings (SSSR count).